The topological polar surface area (TPSA) is 46.1 Å². The van der Waals surface area contributed by atoms with Gasteiger partial charge in [-0.15, -0.1) is 0 Å². The first-order chi connectivity index (χ1) is 8.11. The molecule has 0 bridgehead atoms. The third-order valence-electron chi connectivity index (χ3n) is 3.17. The van der Waals surface area contributed by atoms with Crippen molar-refractivity contribution >= 4 is 5.91 Å². The van der Waals surface area contributed by atoms with Crippen LogP contribution >= 0.6 is 0 Å². The summed E-state index contributed by atoms with van der Waals surface area (Å²) in [5, 5.41) is 0. The molecule has 4 heteroatoms. The van der Waals surface area contributed by atoms with Crippen LogP contribution in [0.4, 0.5) is 0 Å². The maximum Gasteiger partial charge on any atom is 0.222 e. The molecule has 0 aromatic carbocycles. The zero-order valence-electron chi connectivity index (χ0n) is 10.7. The molecule has 0 unspecified atom stereocenters. The molecule has 1 aliphatic heterocycles. The molecule has 0 saturated carbocycles. The largest absolute Gasteiger partial charge is 0.332 e. The third kappa shape index (κ3) is 2.46. The Morgan fingerprint density at radius 1 is 1.41 bits per heavy atom. The lowest BCUT2D eigenvalue weighted by atomic mass is 10.2. The Labute approximate surface area is 102 Å². The van der Waals surface area contributed by atoms with E-state index in [0.717, 1.165) is 36.6 Å². The van der Waals surface area contributed by atoms with Crippen LogP contribution in [-0.4, -0.2) is 27.3 Å². The molecular formula is C13H19N3O. The summed E-state index contributed by atoms with van der Waals surface area (Å²) < 4.78 is 0. The molecule has 0 aliphatic carbocycles. The number of likely N-dealkylation sites (tertiary alicyclic amines) is 1. The number of hydrogen-bond donors (Lipinski definition) is 0. The maximum absolute atomic E-state index is 11.8. The summed E-state index contributed by atoms with van der Waals surface area (Å²) in [6.45, 7) is 6.69. The van der Waals surface area contributed by atoms with Crippen LogP contribution in [0.25, 0.3) is 0 Å². The standard InChI is InChI=1S/C13H19N3O/c1-4-12(17)16-7-5-6-11(16)13-14-9(2)8-10(3)15-13/h8,11H,4-7H2,1-3H3/t11-/m1/s1. The molecule has 1 aromatic heterocycles. The van der Waals surface area contributed by atoms with Crippen molar-refractivity contribution in [2.75, 3.05) is 6.54 Å². The zero-order valence-corrected chi connectivity index (χ0v) is 10.7. The predicted octanol–water partition coefficient (Wildman–Crippen LogP) is 2.17. The molecule has 1 saturated heterocycles. The average Bonchev–Trinajstić information content (AvgIpc) is 2.75. The highest BCUT2D eigenvalue weighted by Gasteiger charge is 2.31. The molecule has 0 N–H and O–H groups in total. The van der Waals surface area contributed by atoms with Gasteiger partial charge in [-0.05, 0) is 32.8 Å². The van der Waals surface area contributed by atoms with Gasteiger partial charge in [0.05, 0.1) is 6.04 Å². The Hall–Kier alpha value is -1.45. The number of rotatable bonds is 2. The fourth-order valence-corrected chi connectivity index (χ4v) is 2.44. The van der Waals surface area contributed by atoms with Gasteiger partial charge in [-0.2, -0.15) is 0 Å². The Bertz CT molecular complexity index is 410. The predicted molar refractivity (Wildman–Crippen MR) is 65.5 cm³/mol. The maximum atomic E-state index is 11.8. The molecular weight excluding hydrogens is 214 g/mol. The van der Waals surface area contributed by atoms with Gasteiger partial charge in [-0.25, -0.2) is 9.97 Å². The first kappa shape index (κ1) is 12.0. The van der Waals surface area contributed by atoms with Gasteiger partial charge in [-0.3, -0.25) is 4.79 Å². The molecule has 0 spiro atoms. The average molecular weight is 233 g/mol. The van der Waals surface area contributed by atoms with Crippen molar-refractivity contribution < 1.29 is 4.79 Å². The van der Waals surface area contributed by atoms with E-state index in [2.05, 4.69) is 9.97 Å². The van der Waals surface area contributed by atoms with Crippen LogP contribution in [-0.2, 0) is 4.79 Å². The number of hydrogen-bond acceptors (Lipinski definition) is 3. The van der Waals surface area contributed by atoms with Gasteiger partial charge < -0.3 is 4.90 Å². The SMILES string of the molecule is CCC(=O)N1CCC[C@@H]1c1nc(C)cc(C)n1. The Morgan fingerprint density at radius 2 is 2.06 bits per heavy atom. The van der Waals surface area contributed by atoms with Crippen molar-refractivity contribution in [3.63, 3.8) is 0 Å². The lowest BCUT2D eigenvalue weighted by Crippen LogP contribution is -2.31. The van der Waals surface area contributed by atoms with E-state index in [1.165, 1.54) is 0 Å². The second kappa shape index (κ2) is 4.82. The molecule has 2 heterocycles. The number of aryl methyl sites for hydroxylation is 2. The van der Waals surface area contributed by atoms with Gasteiger partial charge in [0.15, 0.2) is 5.82 Å². The van der Waals surface area contributed by atoms with Crippen molar-refractivity contribution in [2.45, 2.75) is 46.1 Å². The van der Waals surface area contributed by atoms with E-state index < -0.39 is 0 Å². The minimum Gasteiger partial charge on any atom is -0.332 e. The summed E-state index contributed by atoms with van der Waals surface area (Å²) in [4.78, 5) is 22.7. The second-order valence-corrected chi connectivity index (χ2v) is 4.61. The Kier molecular flexibility index (Phi) is 3.41. The molecule has 0 radical (unpaired) electrons. The van der Waals surface area contributed by atoms with Crippen LogP contribution in [0.1, 0.15) is 49.4 Å². The number of aromatic nitrogens is 2. The fourth-order valence-electron chi connectivity index (χ4n) is 2.44. The molecule has 17 heavy (non-hydrogen) atoms. The van der Waals surface area contributed by atoms with Crippen LogP contribution in [0.3, 0.4) is 0 Å². The highest BCUT2D eigenvalue weighted by Crippen LogP contribution is 2.30. The Balaban J connectivity index is 2.28. The van der Waals surface area contributed by atoms with E-state index in [1.54, 1.807) is 0 Å². The highest BCUT2D eigenvalue weighted by molar-refractivity contribution is 5.76. The highest BCUT2D eigenvalue weighted by atomic mass is 16.2. The smallest absolute Gasteiger partial charge is 0.222 e. The first-order valence-electron chi connectivity index (χ1n) is 6.23. The molecule has 2 rings (SSSR count). The van der Waals surface area contributed by atoms with Crippen molar-refractivity contribution in [2.24, 2.45) is 0 Å². The van der Waals surface area contributed by atoms with E-state index in [9.17, 15) is 4.79 Å². The van der Waals surface area contributed by atoms with E-state index in [1.807, 2.05) is 31.7 Å². The summed E-state index contributed by atoms with van der Waals surface area (Å²) in [5.41, 5.74) is 1.95. The zero-order chi connectivity index (χ0) is 12.4. The number of carbonyl (C=O) groups excluding carboxylic acids is 1. The van der Waals surface area contributed by atoms with Crippen molar-refractivity contribution in [1.29, 1.82) is 0 Å². The summed E-state index contributed by atoms with van der Waals surface area (Å²) in [7, 11) is 0. The van der Waals surface area contributed by atoms with E-state index in [0.29, 0.717) is 6.42 Å². The van der Waals surface area contributed by atoms with Crippen LogP contribution in [0.5, 0.6) is 0 Å². The quantitative estimate of drug-likeness (QED) is 0.786. The number of carbonyl (C=O) groups is 1. The van der Waals surface area contributed by atoms with E-state index in [4.69, 9.17) is 0 Å². The molecule has 1 amide bonds. The van der Waals surface area contributed by atoms with Gasteiger partial charge in [0.2, 0.25) is 5.91 Å². The minimum atomic E-state index is 0.0843. The minimum absolute atomic E-state index is 0.0843. The number of nitrogens with zero attached hydrogens (tertiary/aromatic N) is 3. The van der Waals surface area contributed by atoms with Gasteiger partial charge in [0.1, 0.15) is 0 Å². The molecule has 92 valence electrons. The molecule has 1 aliphatic rings. The fraction of sp³-hybridized carbons (Fsp3) is 0.615. The van der Waals surface area contributed by atoms with Crippen molar-refractivity contribution in [1.82, 2.24) is 14.9 Å². The first-order valence-corrected chi connectivity index (χ1v) is 6.23. The molecule has 1 fully saturated rings. The van der Waals surface area contributed by atoms with Gasteiger partial charge in [-0.1, -0.05) is 6.92 Å². The molecule has 1 aromatic rings. The van der Waals surface area contributed by atoms with Crippen LogP contribution in [0.15, 0.2) is 6.07 Å². The van der Waals surface area contributed by atoms with Gasteiger partial charge in [0, 0.05) is 24.4 Å². The van der Waals surface area contributed by atoms with Crippen LogP contribution < -0.4 is 0 Å². The molecule has 4 nitrogen and oxygen atoms in total. The lowest BCUT2D eigenvalue weighted by Gasteiger charge is -2.23. The van der Waals surface area contributed by atoms with Gasteiger partial charge in [0.25, 0.3) is 0 Å². The monoisotopic (exact) mass is 233 g/mol. The summed E-state index contributed by atoms with van der Waals surface area (Å²) in [6, 6.07) is 2.05. The lowest BCUT2D eigenvalue weighted by molar-refractivity contribution is -0.131. The summed E-state index contributed by atoms with van der Waals surface area (Å²) >= 11 is 0. The van der Waals surface area contributed by atoms with E-state index >= 15 is 0 Å². The molecule has 1 atom stereocenters. The van der Waals surface area contributed by atoms with Crippen molar-refractivity contribution in [3.8, 4) is 0 Å². The summed E-state index contributed by atoms with van der Waals surface area (Å²) in [5.74, 6) is 1.01. The normalized spacial score (nSPS) is 19.7. The van der Waals surface area contributed by atoms with E-state index in [-0.39, 0.29) is 11.9 Å². The third-order valence-corrected chi connectivity index (χ3v) is 3.17. The van der Waals surface area contributed by atoms with Crippen LogP contribution in [0.2, 0.25) is 0 Å². The number of amides is 1. The van der Waals surface area contributed by atoms with Crippen LogP contribution in [0, 0.1) is 13.8 Å². The second-order valence-electron chi connectivity index (χ2n) is 4.61. The van der Waals surface area contributed by atoms with Crippen molar-refractivity contribution in [3.05, 3.63) is 23.3 Å². The van der Waals surface area contributed by atoms with Gasteiger partial charge >= 0.3 is 0 Å². The summed E-state index contributed by atoms with van der Waals surface area (Å²) in [6.07, 6.45) is 2.59. The Morgan fingerprint density at radius 3 is 2.65 bits per heavy atom.